The summed E-state index contributed by atoms with van der Waals surface area (Å²) in [5, 5.41) is 3.45. The van der Waals surface area contributed by atoms with Crippen molar-refractivity contribution in [3.63, 3.8) is 0 Å². The summed E-state index contributed by atoms with van der Waals surface area (Å²) in [6.07, 6.45) is 5.58. The fourth-order valence-corrected chi connectivity index (χ4v) is 3.19. The van der Waals surface area contributed by atoms with Crippen LogP contribution in [0.5, 0.6) is 0 Å². The zero-order chi connectivity index (χ0) is 10.8. The molecule has 2 heterocycles. The zero-order valence-corrected chi connectivity index (χ0v) is 10.4. The first-order valence-corrected chi connectivity index (χ1v) is 6.28. The van der Waals surface area contributed by atoms with Crippen LogP contribution in [0.3, 0.4) is 0 Å². The molecule has 2 atom stereocenters. The van der Waals surface area contributed by atoms with Crippen LogP contribution in [0.15, 0.2) is 0 Å². The van der Waals surface area contributed by atoms with E-state index >= 15 is 0 Å². The molecule has 15 heavy (non-hydrogen) atoms. The number of hydrogen-bond acceptors (Lipinski definition) is 3. The van der Waals surface area contributed by atoms with E-state index in [4.69, 9.17) is 0 Å². The average molecular weight is 211 g/mol. The lowest BCUT2D eigenvalue weighted by Gasteiger charge is -2.39. The van der Waals surface area contributed by atoms with Gasteiger partial charge in [-0.1, -0.05) is 0 Å². The molecule has 2 unspecified atom stereocenters. The topological polar surface area (TPSA) is 18.5 Å². The van der Waals surface area contributed by atoms with E-state index in [0.29, 0.717) is 0 Å². The lowest BCUT2D eigenvalue weighted by atomic mass is 9.97. The Morgan fingerprint density at radius 3 is 2.27 bits per heavy atom. The van der Waals surface area contributed by atoms with Crippen molar-refractivity contribution in [3.8, 4) is 0 Å². The van der Waals surface area contributed by atoms with Gasteiger partial charge in [-0.15, -0.1) is 0 Å². The van der Waals surface area contributed by atoms with Crippen LogP contribution < -0.4 is 5.32 Å². The molecule has 2 saturated heterocycles. The van der Waals surface area contributed by atoms with Gasteiger partial charge in [-0.05, 0) is 46.8 Å². The molecule has 0 amide bonds. The predicted octanol–water partition coefficient (Wildman–Crippen LogP) is 0.763. The van der Waals surface area contributed by atoms with Gasteiger partial charge in [0.25, 0.3) is 0 Å². The van der Waals surface area contributed by atoms with Crippen molar-refractivity contribution < 1.29 is 0 Å². The molecule has 0 radical (unpaired) electrons. The standard InChI is InChI=1S/C12H25N3/c1-13-10-8-11-4-5-12(9-10)15(11)7-6-14(2)3/h10-13H,4-9H2,1-3H3. The molecule has 2 rings (SSSR count). The summed E-state index contributed by atoms with van der Waals surface area (Å²) in [7, 11) is 6.45. The quantitative estimate of drug-likeness (QED) is 0.741. The molecule has 3 nitrogen and oxygen atoms in total. The van der Waals surface area contributed by atoms with Crippen molar-refractivity contribution in [2.24, 2.45) is 0 Å². The predicted molar refractivity (Wildman–Crippen MR) is 64.2 cm³/mol. The van der Waals surface area contributed by atoms with E-state index < -0.39 is 0 Å². The van der Waals surface area contributed by atoms with E-state index in [2.05, 4.69) is 36.3 Å². The molecule has 2 bridgehead atoms. The molecule has 2 aliphatic rings. The Morgan fingerprint density at radius 2 is 1.80 bits per heavy atom. The number of rotatable bonds is 4. The molecule has 2 fully saturated rings. The molecule has 1 N–H and O–H groups in total. The number of fused-ring (bicyclic) bond motifs is 2. The van der Waals surface area contributed by atoms with Gasteiger partial charge in [0.1, 0.15) is 0 Å². The number of nitrogens with zero attached hydrogens (tertiary/aromatic N) is 2. The van der Waals surface area contributed by atoms with Crippen molar-refractivity contribution in [1.29, 1.82) is 0 Å². The molecule has 0 aromatic carbocycles. The molecule has 88 valence electrons. The molecule has 2 aliphatic heterocycles. The van der Waals surface area contributed by atoms with Crippen molar-refractivity contribution in [2.75, 3.05) is 34.2 Å². The smallest absolute Gasteiger partial charge is 0.0115 e. The third-order valence-corrected chi connectivity index (χ3v) is 4.10. The highest BCUT2D eigenvalue weighted by molar-refractivity contribution is 4.97. The van der Waals surface area contributed by atoms with Crippen molar-refractivity contribution >= 4 is 0 Å². The van der Waals surface area contributed by atoms with E-state index in [-0.39, 0.29) is 0 Å². The zero-order valence-electron chi connectivity index (χ0n) is 10.4. The van der Waals surface area contributed by atoms with Crippen LogP contribution in [0.1, 0.15) is 25.7 Å². The van der Waals surface area contributed by atoms with E-state index in [0.717, 1.165) is 18.1 Å². The largest absolute Gasteiger partial charge is 0.317 e. The van der Waals surface area contributed by atoms with Gasteiger partial charge < -0.3 is 10.2 Å². The lowest BCUT2D eigenvalue weighted by molar-refractivity contribution is 0.110. The molecule has 3 heteroatoms. The van der Waals surface area contributed by atoms with E-state index in [9.17, 15) is 0 Å². The van der Waals surface area contributed by atoms with Gasteiger partial charge in [0.15, 0.2) is 0 Å². The number of nitrogens with one attached hydrogen (secondary N) is 1. The van der Waals surface area contributed by atoms with Crippen molar-refractivity contribution in [2.45, 2.75) is 43.8 Å². The monoisotopic (exact) mass is 211 g/mol. The van der Waals surface area contributed by atoms with Gasteiger partial charge in [0.2, 0.25) is 0 Å². The third kappa shape index (κ3) is 2.52. The third-order valence-electron chi connectivity index (χ3n) is 4.10. The summed E-state index contributed by atoms with van der Waals surface area (Å²) in [6, 6.07) is 2.50. The molecule has 0 aromatic heterocycles. The van der Waals surface area contributed by atoms with Gasteiger partial charge >= 0.3 is 0 Å². The molecular formula is C12H25N3. The number of likely N-dealkylation sites (N-methyl/N-ethyl adjacent to an activating group) is 1. The summed E-state index contributed by atoms with van der Waals surface area (Å²) < 4.78 is 0. The van der Waals surface area contributed by atoms with Gasteiger partial charge in [-0.2, -0.15) is 0 Å². The molecule has 0 spiro atoms. The highest BCUT2D eigenvalue weighted by atomic mass is 15.2. The Balaban J connectivity index is 1.87. The van der Waals surface area contributed by atoms with Crippen LogP contribution >= 0.6 is 0 Å². The molecule has 0 aliphatic carbocycles. The normalized spacial score (nSPS) is 36.4. The maximum Gasteiger partial charge on any atom is 0.0115 e. The first kappa shape index (κ1) is 11.4. The first-order valence-electron chi connectivity index (χ1n) is 6.28. The lowest BCUT2D eigenvalue weighted by Crippen LogP contribution is -2.50. The van der Waals surface area contributed by atoms with Crippen molar-refractivity contribution in [1.82, 2.24) is 15.1 Å². The highest BCUT2D eigenvalue weighted by Gasteiger charge is 2.39. The fraction of sp³-hybridized carbons (Fsp3) is 1.00. The summed E-state index contributed by atoms with van der Waals surface area (Å²) in [5.41, 5.74) is 0. The van der Waals surface area contributed by atoms with Gasteiger partial charge in [0.05, 0.1) is 0 Å². The minimum absolute atomic E-state index is 0.776. The van der Waals surface area contributed by atoms with E-state index in [1.54, 1.807) is 0 Å². The minimum atomic E-state index is 0.776. The molecule has 0 aromatic rings. The van der Waals surface area contributed by atoms with Crippen LogP contribution in [0.4, 0.5) is 0 Å². The van der Waals surface area contributed by atoms with Crippen LogP contribution in [-0.4, -0.2) is 62.2 Å². The van der Waals surface area contributed by atoms with Gasteiger partial charge in [-0.25, -0.2) is 0 Å². The molecule has 0 saturated carbocycles. The Bertz CT molecular complexity index is 191. The van der Waals surface area contributed by atoms with Crippen LogP contribution in [0, 0.1) is 0 Å². The average Bonchev–Trinajstić information content (AvgIpc) is 2.46. The SMILES string of the molecule is CNC1CC2CCC(C1)N2CCN(C)C. The summed E-state index contributed by atoms with van der Waals surface area (Å²) in [5.74, 6) is 0. The number of hydrogen-bond donors (Lipinski definition) is 1. The Kier molecular flexibility index (Phi) is 3.65. The first-order chi connectivity index (χ1) is 7.20. The summed E-state index contributed by atoms with van der Waals surface area (Å²) in [4.78, 5) is 5.05. The van der Waals surface area contributed by atoms with Crippen LogP contribution in [0.2, 0.25) is 0 Å². The highest BCUT2D eigenvalue weighted by Crippen LogP contribution is 2.35. The van der Waals surface area contributed by atoms with Crippen LogP contribution in [-0.2, 0) is 0 Å². The number of piperidine rings is 1. The second-order valence-corrected chi connectivity index (χ2v) is 5.38. The van der Waals surface area contributed by atoms with Gasteiger partial charge in [-0.3, -0.25) is 4.90 Å². The van der Waals surface area contributed by atoms with Crippen molar-refractivity contribution in [3.05, 3.63) is 0 Å². The summed E-state index contributed by atoms with van der Waals surface area (Å²) >= 11 is 0. The fourth-order valence-electron chi connectivity index (χ4n) is 3.19. The Labute approximate surface area is 93.8 Å². The second-order valence-electron chi connectivity index (χ2n) is 5.38. The maximum atomic E-state index is 3.45. The maximum absolute atomic E-state index is 3.45. The van der Waals surface area contributed by atoms with E-state index in [1.165, 1.54) is 38.8 Å². The van der Waals surface area contributed by atoms with Crippen LogP contribution in [0.25, 0.3) is 0 Å². The summed E-state index contributed by atoms with van der Waals surface area (Å²) in [6.45, 7) is 2.47. The molecular weight excluding hydrogens is 186 g/mol. The Hall–Kier alpha value is -0.120. The van der Waals surface area contributed by atoms with Gasteiger partial charge in [0, 0.05) is 31.2 Å². The minimum Gasteiger partial charge on any atom is -0.317 e. The van der Waals surface area contributed by atoms with E-state index in [1.807, 2.05) is 0 Å². The Morgan fingerprint density at radius 1 is 1.20 bits per heavy atom. The second kappa shape index (κ2) is 4.81.